The van der Waals surface area contributed by atoms with E-state index in [1.807, 2.05) is 86.7 Å². The van der Waals surface area contributed by atoms with Crippen LogP contribution in [0.1, 0.15) is 36.1 Å². The lowest BCUT2D eigenvalue weighted by molar-refractivity contribution is -0.136. The monoisotopic (exact) mass is 616 g/mol. The van der Waals surface area contributed by atoms with Crippen LogP contribution in [0, 0.1) is 5.92 Å². The molecular weight excluding hydrogens is 576 g/mol. The number of benzene rings is 3. The molecule has 3 aromatic carbocycles. The Morgan fingerprint density at radius 2 is 1.80 bits per heavy atom. The van der Waals surface area contributed by atoms with Crippen molar-refractivity contribution in [3.05, 3.63) is 83.4 Å². The van der Waals surface area contributed by atoms with Gasteiger partial charge in [-0.05, 0) is 61.0 Å². The zero-order chi connectivity index (χ0) is 31.2. The summed E-state index contributed by atoms with van der Waals surface area (Å²) in [5, 5.41) is 10.2. The van der Waals surface area contributed by atoms with Crippen LogP contribution in [-0.4, -0.2) is 67.4 Å². The molecule has 3 aliphatic heterocycles. The minimum Gasteiger partial charge on any atom is -0.490 e. The summed E-state index contributed by atoms with van der Waals surface area (Å²) in [6.07, 6.45) is -0.177. The number of methoxy groups -OCH3 is 1. The number of hydrogen-bond acceptors (Lipinski definition) is 7. The first kappa shape index (κ1) is 30.3. The molecule has 9 nitrogen and oxygen atoms in total. The molecule has 0 saturated heterocycles. The topological polar surface area (TPSA) is 109 Å². The second-order valence-corrected chi connectivity index (χ2v) is 16.6. The maximum Gasteiger partial charge on any atom is 0.269 e. The number of para-hydroxylation sites is 2. The predicted octanol–water partition coefficient (Wildman–Crippen LogP) is 4.73. The third kappa shape index (κ3) is 5.51. The first-order valence-corrected chi connectivity index (χ1v) is 18.2. The van der Waals surface area contributed by atoms with Crippen molar-refractivity contribution in [2.24, 2.45) is 5.92 Å². The standard InChI is InChI=1S/C34H40N2O7Si/c1-21-33(41-2)26-16-24(36-27-11-7-8-12-29(27)42-20-32(36)39)13-14-28(26)43-34(21)30(44(3,4)40)17-31(38)35-18-23-10-6-5-9-22(23)15-25(35)19-37/h5-14,16,21,25,30,33-34,37,40H,15,17-20H2,1-4H3/t21-,25+,30?,33-,34-/m1/s1. The fourth-order valence-corrected chi connectivity index (χ4v) is 8.86. The van der Waals surface area contributed by atoms with Crippen molar-refractivity contribution in [1.82, 2.24) is 4.90 Å². The maximum atomic E-state index is 13.9. The van der Waals surface area contributed by atoms with Crippen LogP contribution >= 0.6 is 0 Å². The number of carbonyl (C=O) groups is 2. The van der Waals surface area contributed by atoms with E-state index in [9.17, 15) is 19.5 Å². The van der Waals surface area contributed by atoms with Crippen molar-refractivity contribution in [1.29, 1.82) is 0 Å². The van der Waals surface area contributed by atoms with Crippen LogP contribution in [0.2, 0.25) is 18.6 Å². The molecule has 0 spiro atoms. The van der Waals surface area contributed by atoms with E-state index in [-0.39, 0.29) is 43.4 Å². The third-order valence-corrected chi connectivity index (χ3v) is 11.7. The number of hydrogen-bond donors (Lipinski definition) is 2. The van der Waals surface area contributed by atoms with E-state index >= 15 is 0 Å². The summed E-state index contributed by atoms with van der Waals surface area (Å²) in [7, 11) is -1.31. The van der Waals surface area contributed by atoms with Gasteiger partial charge in [0.15, 0.2) is 14.9 Å². The second kappa shape index (κ2) is 12.0. The van der Waals surface area contributed by atoms with Gasteiger partial charge < -0.3 is 29.0 Å². The highest BCUT2D eigenvalue weighted by atomic mass is 28.4. The molecule has 10 heteroatoms. The van der Waals surface area contributed by atoms with Gasteiger partial charge in [-0.3, -0.25) is 14.5 Å². The molecule has 6 rings (SSSR count). The highest BCUT2D eigenvalue weighted by Gasteiger charge is 2.48. The number of aliphatic hydroxyl groups excluding tert-OH is 1. The Kier molecular flexibility index (Phi) is 8.27. The lowest BCUT2D eigenvalue weighted by atomic mass is 9.86. The van der Waals surface area contributed by atoms with Gasteiger partial charge in [-0.15, -0.1) is 0 Å². The fraction of sp³-hybridized carbons (Fsp3) is 0.412. The molecule has 2 N–H and O–H groups in total. The quantitative estimate of drug-likeness (QED) is 0.370. The van der Waals surface area contributed by atoms with Crippen LogP contribution in [0.5, 0.6) is 11.5 Å². The molecule has 232 valence electrons. The van der Waals surface area contributed by atoms with E-state index in [4.69, 9.17) is 14.2 Å². The van der Waals surface area contributed by atoms with Gasteiger partial charge in [-0.1, -0.05) is 43.3 Å². The Morgan fingerprint density at radius 3 is 2.52 bits per heavy atom. The molecule has 3 heterocycles. The van der Waals surface area contributed by atoms with Crippen LogP contribution in [-0.2, 0) is 27.3 Å². The van der Waals surface area contributed by atoms with E-state index in [2.05, 4.69) is 0 Å². The van der Waals surface area contributed by atoms with Crippen LogP contribution in [0.3, 0.4) is 0 Å². The van der Waals surface area contributed by atoms with Crippen molar-refractivity contribution < 1.29 is 33.7 Å². The van der Waals surface area contributed by atoms with Crippen molar-refractivity contribution in [2.45, 2.75) is 63.2 Å². The summed E-state index contributed by atoms with van der Waals surface area (Å²) in [6.45, 7) is 5.96. The van der Waals surface area contributed by atoms with E-state index in [0.717, 1.165) is 16.7 Å². The number of anilines is 2. The fourth-order valence-electron chi connectivity index (χ4n) is 7.01. The highest BCUT2D eigenvalue weighted by molar-refractivity contribution is 6.71. The molecule has 2 amide bonds. The predicted molar refractivity (Wildman–Crippen MR) is 168 cm³/mol. The average molecular weight is 617 g/mol. The zero-order valence-electron chi connectivity index (χ0n) is 25.6. The molecule has 3 aliphatic rings. The van der Waals surface area contributed by atoms with Gasteiger partial charge in [0.05, 0.1) is 24.4 Å². The van der Waals surface area contributed by atoms with Gasteiger partial charge in [0.25, 0.3) is 5.91 Å². The molecule has 0 fully saturated rings. The molecule has 5 atom stereocenters. The molecule has 1 unspecified atom stereocenters. The summed E-state index contributed by atoms with van der Waals surface area (Å²) in [5.41, 5.74) is 3.96. The average Bonchev–Trinajstić information content (AvgIpc) is 3.02. The first-order chi connectivity index (χ1) is 21.1. The van der Waals surface area contributed by atoms with Gasteiger partial charge in [0.2, 0.25) is 5.91 Å². The van der Waals surface area contributed by atoms with Crippen molar-refractivity contribution in [3.63, 3.8) is 0 Å². The smallest absolute Gasteiger partial charge is 0.269 e. The first-order valence-electron chi connectivity index (χ1n) is 15.2. The van der Waals surface area contributed by atoms with Crippen LogP contribution in [0.4, 0.5) is 11.4 Å². The Morgan fingerprint density at radius 1 is 1.07 bits per heavy atom. The van der Waals surface area contributed by atoms with Gasteiger partial charge in [0, 0.05) is 42.8 Å². The number of amides is 2. The maximum absolute atomic E-state index is 13.9. The number of carbonyl (C=O) groups excluding carboxylic acids is 2. The third-order valence-electron chi connectivity index (χ3n) is 9.36. The van der Waals surface area contributed by atoms with E-state index in [1.54, 1.807) is 16.9 Å². The molecule has 0 saturated carbocycles. The number of fused-ring (bicyclic) bond motifs is 3. The molecule has 0 bridgehead atoms. The normalized spacial score (nSPS) is 23.5. The molecule has 0 aliphatic carbocycles. The molecule has 44 heavy (non-hydrogen) atoms. The molecule has 0 aromatic heterocycles. The van der Waals surface area contributed by atoms with E-state index in [1.165, 1.54) is 0 Å². The number of rotatable bonds is 7. The SMILES string of the molecule is CO[C@H]1c2cc(N3C(=O)COc4ccccc43)ccc2O[C@@H](C(CC(=O)N2Cc3ccccc3C[C@H]2CO)[Si](C)(C)O)[C@@H]1C. The van der Waals surface area contributed by atoms with Gasteiger partial charge in [0.1, 0.15) is 17.6 Å². The van der Waals surface area contributed by atoms with Crippen molar-refractivity contribution >= 4 is 31.5 Å². The number of ether oxygens (including phenoxy) is 3. The summed E-state index contributed by atoms with van der Waals surface area (Å²) in [6, 6.07) is 20.7. The Balaban J connectivity index is 1.29. The van der Waals surface area contributed by atoms with Crippen LogP contribution in [0.25, 0.3) is 0 Å². The van der Waals surface area contributed by atoms with Crippen molar-refractivity contribution in [3.8, 4) is 11.5 Å². The minimum absolute atomic E-state index is 0.0531. The molecule has 0 radical (unpaired) electrons. The summed E-state index contributed by atoms with van der Waals surface area (Å²) in [5.74, 6) is 0.763. The van der Waals surface area contributed by atoms with Crippen LogP contribution in [0.15, 0.2) is 66.7 Å². The van der Waals surface area contributed by atoms with Crippen LogP contribution < -0.4 is 14.4 Å². The van der Waals surface area contributed by atoms with Crippen molar-refractivity contribution in [2.75, 3.05) is 25.2 Å². The van der Waals surface area contributed by atoms with E-state index < -0.39 is 26.1 Å². The molecule has 3 aromatic rings. The van der Waals surface area contributed by atoms with Gasteiger partial charge in [-0.2, -0.15) is 0 Å². The van der Waals surface area contributed by atoms with Gasteiger partial charge in [-0.25, -0.2) is 0 Å². The largest absolute Gasteiger partial charge is 0.490 e. The highest BCUT2D eigenvalue weighted by Crippen LogP contribution is 2.49. The molecular formula is C34H40N2O7Si. The Hall–Kier alpha value is -3.70. The van der Waals surface area contributed by atoms with E-state index in [0.29, 0.717) is 35.8 Å². The Labute approximate surface area is 259 Å². The summed E-state index contributed by atoms with van der Waals surface area (Å²) < 4.78 is 18.3. The minimum atomic E-state index is -2.95. The number of nitrogens with zero attached hydrogens (tertiary/aromatic N) is 2. The zero-order valence-corrected chi connectivity index (χ0v) is 26.6. The summed E-state index contributed by atoms with van der Waals surface area (Å²) in [4.78, 5) is 41.9. The lowest BCUT2D eigenvalue weighted by Gasteiger charge is -2.45. The second-order valence-electron chi connectivity index (χ2n) is 12.6. The number of aliphatic hydroxyl groups is 1. The van der Waals surface area contributed by atoms with Gasteiger partial charge >= 0.3 is 0 Å². The Bertz CT molecular complexity index is 1560. The summed E-state index contributed by atoms with van der Waals surface area (Å²) >= 11 is 0. The lowest BCUT2D eigenvalue weighted by Crippen LogP contribution is -2.52.